The van der Waals surface area contributed by atoms with Crippen LogP contribution in [0.2, 0.25) is 5.02 Å². The number of anilines is 2. The molecule has 1 atom stereocenters. The van der Waals surface area contributed by atoms with Crippen LogP contribution in [-0.2, 0) is 9.59 Å². The first-order valence-electron chi connectivity index (χ1n) is 8.33. The van der Waals surface area contributed by atoms with Crippen LogP contribution < -0.4 is 10.2 Å². The van der Waals surface area contributed by atoms with E-state index >= 15 is 0 Å². The molecule has 0 aromatic heterocycles. The molecule has 0 bridgehead atoms. The number of hydrogen-bond acceptors (Lipinski definition) is 3. The van der Waals surface area contributed by atoms with Gasteiger partial charge in [-0.05, 0) is 61.9 Å². The van der Waals surface area contributed by atoms with Crippen molar-refractivity contribution in [2.75, 3.05) is 16.8 Å². The van der Waals surface area contributed by atoms with E-state index < -0.39 is 5.92 Å². The largest absolute Gasteiger partial charge is 0.326 e. The highest BCUT2D eigenvalue weighted by Crippen LogP contribution is 2.30. The topological polar surface area (TPSA) is 66.5 Å². The first kappa shape index (κ1) is 18.1. The van der Waals surface area contributed by atoms with Gasteiger partial charge in [0.2, 0.25) is 11.8 Å². The molecule has 0 aliphatic carbocycles. The van der Waals surface area contributed by atoms with Gasteiger partial charge in [0, 0.05) is 34.9 Å². The summed E-state index contributed by atoms with van der Waals surface area (Å²) in [6, 6.07) is 12.0. The number of ketones is 1. The standard InChI is InChI=1S/C20H19ClN2O3/c1-12-9-16(21)5-8-18(12)23-11-15(10-19(23)25)20(26)22-17-6-3-14(4-7-17)13(2)24/h3-9,15H,10-11H2,1-2H3,(H,22,26). The van der Waals surface area contributed by atoms with Crippen molar-refractivity contribution in [3.05, 3.63) is 58.6 Å². The summed E-state index contributed by atoms with van der Waals surface area (Å²) in [5.74, 6) is -0.742. The fourth-order valence-electron chi connectivity index (χ4n) is 3.07. The molecule has 2 aromatic rings. The van der Waals surface area contributed by atoms with Crippen molar-refractivity contribution in [1.82, 2.24) is 0 Å². The van der Waals surface area contributed by atoms with E-state index in [4.69, 9.17) is 11.6 Å². The highest BCUT2D eigenvalue weighted by Gasteiger charge is 2.35. The molecule has 1 fully saturated rings. The quantitative estimate of drug-likeness (QED) is 0.831. The number of aryl methyl sites for hydroxylation is 1. The molecular formula is C20H19ClN2O3. The minimum atomic E-state index is -0.426. The first-order valence-corrected chi connectivity index (χ1v) is 8.71. The second-order valence-electron chi connectivity index (χ2n) is 6.46. The van der Waals surface area contributed by atoms with Crippen LogP contribution in [0.25, 0.3) is 0 Å². The van der Waals surface area contributed by atoms with E-state index in [1.807, 2.05) is 6.92 Å². The van der Waals surface area contributed by atoms with E-state index in [1.54, 1.807) is 47.4 Å². The normalized spacial score (nSPS) is 16.7. The third kappa shape index (κ3) is 3.78. The summed E-state index contributed by atoms with van der Waals surface area (Å²) in [5.41, 5.74) is 2.87. The third-order valence-corrected chi connectivity index (χ3v) is 4.74. The van der Waals surface area contributed by atoms with Crippen LogP contribution in [0, 0.1) is 12.8 Å². The van der Waals surface area contributed by atoms with Gasteiger partial charge in [-0.1, -0.05) is 11.6 Å². The Kier molecular flexibility index (Phi) is 5.09. The number of amides is 2. The molecule has 0 spiro atoms. The van der Waals surface area contributed by atoms with Crippen molar-refractivity contribution in [3.8, 4) is 0 Å². The Labute approximate surface area is 156 Å². The number of hydrogen-bond donors (Lipinski definition) is 1. The molecule has 1 heterocycles. The lowest BCUT2D eigenvalue weighted by molar-refractivity contribution is -0.122. The highest BCUT2D eigenvalue weighted by atomic mass is 35.5. The monoisotopic (exact) mass is 370 g/mol. The van der Waals surface area contributed by atoms with E-state index in [2.05, 4.69) is 5.32 Å². The Morgan fingerprint density at radius 3 is 2.46 bits per heavy atom. The van der Waals surface area contributed by atoms with Crippen molar-refractivity contribution < 1.29 is 14.4 Å². The number of halogens is 1. The molecule has 1 aliphatic rings. The molecule has 0 radical (unpaired) electrons. The molecule has 1 saturated heterocycles. The van der Waals surface area contributed by atoms with Gasteiger partial charge in [0.25, 0.3) is 0 Å². The number of nitrogens with zero attached hydrogens (tertiary/aromatic N) is 1. The molecule has 1 unspecified atom stereocenters. The van der Waals surface area contributed by atoms with E-state index in [-0.39, 0.29) is 24.0 Å². The Morgan fingerprint density at radius 1 is 1.15 bits per heavy atom. The Hall–Kier alpha value is -2.66. The van der Waals surface area contributed by atoms with Gasteiger partial charge in [0.1, 0.15) is 0 Å². The van der Waals surface area contributed by atoms with Crippen molar-refractivity contribution in [2.24, 2.45) is 5.92 Å². The molecule has 3 rings (SSSR count). The zero-order chi connectivity index (χ0) is 18.8. The zero-order valence-corrected chi connectivity index (χ0v) is 15.3. The molecular weight excluding hydrogens is 352 g/mol. The van der Waals surface area contributed by atoms with Crippen LogP contribution in [0.3, 0.4) is 0 Å². The van der Waals surface area contributed by atoms with Gasteiger partial charge < -0.3 is 10.2 Å². The third-order valence-electron chi connectivity index (χ3n) is 4.50. The number of carbonyl (C=O) groups is 3. The molecule has 6 heteroatoms. The predicted octanol–water partition coefficient (Wildman–Crippen LogP) is 3.84. The lowest BCUT2D eigenvalue weighted by Gasteiger charge is -2.19. The second-order valence-corrected chi connectivity index (χ2v) is 6.90. The molecule has 134 valence electrons. The van der Waals surface area contributed by atoms with Gasteiger partial charge in [0.05, 0.1) is 5.92 Å². The summed E-state index contributed by atoms with van der Waals surface area (Å²) in [4.78, 5) is 37.8. The average molecular weight is 371 g/mol. The van der Waals surface area contributed by atoms with Gasteiger partial charge in [0.15, 0.2) is 5.78 Å². The number of Topliss-reactive ketones (excluding diaryl/α,β-unsaturated/α-hetero) is 1. The summed E-state index contributed by atoms with van der Waals surface area (Å²) in [6.07, 6.45) is 0.166. The van der Waals surface area contributed by atoms with Gasteiger partial charge in [-0.25, -0.2) is 0 Å². The maximum atomic E-state index is 12.5. The highest BCUT2D eigenvalue weighted by molar-refractivity contribution is 6.30. The maximum absolute atomic E-state index is 12.5. The SMILES string of the molecule is CC(=O)c1ccc(NC(=O)C2CC(=O)N(c3ccc(Cl)cc3C)C2)cc1. The van der Waals surface area contributed by atoms with Gasteiger partial charge in [-0.15, -0.1) is 0 Å². The smallest absolute Gasteiger partial charge is 0.229 e. The fourth-order valence-corrected chi connectivity index (χ4v) is 3.30. The lowest BCUT2D eigenvalue weighted by Crippen LogP contribution is -2.28. The lowest BCUT2D eigenvalue weighted by atomic mass is 10.1. The van der Waals surface area contributed by atoms with E-state index in [0.29, 0.717) is 22.8 Å². The minimum absolute atomic E-state index is 0.0294. The summed E-state index contributed by atoms with van der Waals surface area (Å²) in [7, 11) is 0. The predicted molar refractivity (Wildman–Crippen MR) is 102 cm³/mol. The van der Waals surface area contributed by atoms with Crippen LogP contribution in [0.1, 0.15) is 29.3 Å². The van der Waals surface area contributed by atoms with Gasteiger partial charge >= 0.3 is 0 Å². The molecule has 26 heavy (non-hydrogen) atoms. The van der Waals surface area contributed by atoms with Crippen LogP contribution in [0.4, 0.5) is 11.4 Å². The first-order chi connectivity index (χ1) is 12.3. The molecule has 1 N–H and O–H groups in total. The summed E-state index contributed by atoms with van der Waals surface area (Å²) in [6.45, 7) is 3.71. The molecule has 5 nitrogen and oxygen atoms in total. The number of rotatable bonds is 4. The minimum Gasteiger partial charge on any atom is -0.326 e. The van der Waals surface area contributed by atoms with Crippen LogP contribution in [0.5, 0.6) is 0 Å². The summed E-state index contributed by atoms with van der Waals surface area (Å²) in [5, 5.41) is 3.43. The van der Waals surface area contributed by atoms with Gasteiger partial charge in [-0.3, -0.25) is 14.4 Å². The zero-order valence-electron chi connectivity index (χ0n) is 14.6. The Morgan fingerprint density at radius 2 is 1.85 bits per heavy atom. The van der Waals surface area contributed by atoms with E-state index in [1.165, 1.54) is 6.92 Å². The number of benzene rings is 2. The van der Waals surface area contributed by atoms with Crippen molar-refractivity contribution in [3.63, 3.8) is 0 Å². The van der Waals surface area contributed by atoms with E-state index in [9.17, 15) is 14.4 Å². The van der Waals surface area contributed by atoms with E-state index in [0.717, 1.165) is 11.3 Å². The van der Waals surface area contributed by atoms with Crippen molar-refractivity contribution in [2.45, 2.75) is 20.3 Å². The van der Waals surface area contributed by atoms with Crippen LogP contribution >= 0.6 is 11.6 Å². The second kappa shape index (κ2) is 7.30. The van der Waals surface area contributed by atoms with Crippen LogP contribution in [-0.4, -0.2) is 24.1 Å². The average Bonchev–Trinajstić information content (AvgIpc) is 2.97. The molecule has 1 aliphatic heterocycles. The number of nitrogens with one attached hydrogen (secondary N) is 1. The van der Waals surface area contributed by atoms with Crippen molar-refractivity contribution >= 4 is 40.6 Å². The Balaban J connectivity index is 1.69. The van der Waals surface area contributed by atoms with Crippen LogP contribution in [0.15, 0.2) is 42.5 Å². The Bertz CT molecular complexity index is 877. The summed E-state index contributed by atoms with van der Waals surface area (Å²) >= 11 is 5.97. The van der Waals surface area contributed by atoms with Gasteiger partial charge in [-0.2, -0.15) is 0 Å². The maximum Gasteiger partial charge on any atom is 0.229 e. The van der Waals surface area contributed by atoms with Crippen molar-refractivity contribution in [1.29, 1.82) is 0 Å². The fraction of sp³-hybridized carbons (Fsp3) is 0.250. The molecule has 0 saturated carbocycles. The summed E-state index contributed by atoms with van der Waals surface area (Å²) < 4.78 is 0. The number of carbonyl (C=O) groups excluding carboxylic acids is 3. The molecule has 2 aromatic carbocycles. The molecule has 2 amide bonds.